The maximum atomic E-state index is 5.62. The first-order valence-electron chi connectivity index (χ1n) is 9.33. The molecule has 0 bridgehead atoms. The third-order valence-corrected chi connectivity index (χ3v) is 6.45. The molecule has 134 valence electrons. The van der Waals surface area contributed by atoms with Gasteiger partial charge in [-0.1, -0.05) is 18.2 Å². The molecule has 4 nitrogen and oxygen atoms in total. The molecule has 0 amide bonds. The number of hydrogen-bond acceptors (Lipinski definition) is 2. The highest BCUT2D eigenvalue weighted by Gasteiger charge is 2.45. The Balaban J connectivity index is 1.76. The average molecular weight is 349 g/mol. The predicted octanol–water partition coefficient (Wildman–Crippen LogP) is 3.83. The minimum atomic E-state index is 0.328. The second kappa shape index (κ2) is 5.52. The number of methoxy groups -OCH3 is 2. The molecule has 2 aliphatic rings. The molecule has 5 rings (SSSR count). The number of benzene rings is 2. The quantitative estimate of drug-likeness (QED) is 0.714. The predicted molar refractivity (Wildman–Crippen MR) is 103 cm³/mol. The molecule has 0 saturated carbocycles. The Kier molecular flexibility index (Phi) is 3.35. The van der Waals surface area contributed by atoms with Crippen molar-refractivity contribution in [3.63, 3.8) is 0 Å². The van der Waals surface area contributed by atoms with E-state index in [0.29, 0.717) is 6.04 Å². The molecule has 3 aromatic rings. The van der Waals surface area contributed by atoms with Crippen molar-refractivity contribution in [3.8, 4) is 11.5 Å². The lowest BCUT2D eigenvalue weighted by Gasteiger charge is -2.48. The highest BCUT2D eigenvalue weighted by molar-refractivity contribution is 5.85. The summed E-state index contributed by atoms with van der Waals surface area (Å²) in [6.45, 7) is 2.33. The Morgan fingerprint density at radius 2 is 1.73 bits per heavy atom. The van der Waals surface area contributed by atoms with Gasteiger partial charge in [0.2, 0.25) is 0 Å². The lowest BCUT2D eigenvalue weighted by Crippen LogP contribution is -2.55. The summed E-state index contributed by atoms with van der Waals surface area (Å²) in [6.07, 6.45) is 2.22. The van der Waals surface area contributed by atoms with E-state index in [1.165, 1.54) is 39.8 Å². The van der Waals surface area contributed by atoms with Gasteiger partial charge in [0.1, 0.15) is 0 Å². The standard InChI is InChI=1S/C22H25N2O2/c1-24-10-8-14-12-19(25-2)20(26-3)13-17(14)22(24)21-16(9-11-24)15-6-4-5-7-18(15)23-21/h4-7,12-13,22-23H,8-11H2,1-3H3/q+1. The number of likely N-dealkylation sites (N-methyl/N-ethyl adjacent to an activating group) is 1. The van der Waals surface area contributed by atoms with Crippen molar-refractivity contribution in [2.45, 2.75) is 18.9 Å². The number of quaternary nitrogens is 1. The van der Waals surface area contributed by atoms with Crippen LogP contribution in [0.1, 0.15) is 28.4 Å². The summed E-state index contributed by atoms with van der Waals surface area (Å²) >= 11 is 0. The monoisotopic (exact) mass is 349 g/mol. The van der Waals surface area contributed by atoms with Gasteiger partial charge in [0, 0.05) is 29.3 Å². The van der Waals surface area contributed by atoms with Gasteiger partial charge in [-0.15, -0.1) is 0 Å². The Bertz CT molecular complexity index is 1010. The van der Waals surface area contributed by atoms with Crippen LogP contribution in [0, 0.1) is 0 Å². The zero-order valence-corrected chi connectivity index (χ0v) is 15.6. The molecule has 4 heteroatoms. The van der Waals surface area contributed by atoms with Crippen molar-refractivity contribution in [2.75, 3.05) is 34.4 Å². The molecule has 2 aliphatic heterocycles. The van der Waals surface area contributed by atoms with Gasteiger partial charge in [0.05, 0.1) is 40.1 Å². The van der Waals surface area contributed by atoms with E-state index in [-0.39, 0.29) is 0 Å². The van der Waals surface area contributed by atoms with Crippen LogP contribution in [0.4, 0.5) is 0 Å². The largest absolute Gasteiger partial charge is 0.493 e. The van der Waals surface area contributed by atoms with Gasteiger partial charge in [-0.2, -0.15) is 0 Å². The Hall–Kier alpha value is -2.46. The molecule has 3 heterocycles. The van der Waals surface area contributed by atoms with Crippen molar-refractivity contribution in [2.24, 2.45) is 0 Å². The van der Waals surface area contributed by atoms with Crippen LogP contribution in [0.15, 0.2) is 36.4 Å². The number of aromatic amines is 1. The first-order valence-corrected chi connectivity index (χ1v) is 9.33. The van der Waals surface area contributed by atoms with Gasteiger partial charge in [0.15, 0.2) is 17.5 Å². The molecule has 0 aliphatic carbocycles. The Labute approximate surface area is 153 Å². The number of ether oxygens (including phenoxy) is 2. The summed E-state index contributed by atoms with van der Waals surface area (Å²) in [5.41, 5.74) is 6.88. The van der Waals surface area contributed by atoms with Crippen molar-refractivity contribution >= 4 is 10.9 Å². The van der Waals surface area contributed by atoms with E-state index in [2.05, 4.69) is 48.4 Å². The van der Waals surface area contributed by atoms with Crippen molar-refractivity contribution in [3.05, 3.63) is 58.8 Å². The van der Waals surface area contributed by atoms with E-state index in [1.54, 1.807) is 14.2 Å². The molecule has 26 heavy (non-hydrogen) atoms. The molecule has 2 unspecified atom stereocenters. The lowest BCUT2D eigenvalue weighted by molar-refractivity contribution is -0.937. The average Bonchev–Trinajstić information content (AvgIpc) is 3.04. The number of nitrogens with one attached hydrogen (secondary N) is 1. The number of rotatable bonds is 2. The van der Waals surface area contributed by atoms with E-state index < -0.39 is 0 Å². The van der Waals surface area contributed by atoms with E-state index in [0.717, 1.165) is 35.4 Å². The van der Waals surface area contributed by atoms with Crippen LogP contribution in [0.2, 0.25) is 0 Å². The summed E-state index contributed by atoms with van der Waals surface area (Å²) in [5.74, 6) is 1.65. The molecule has 0 saturated heterocycles. The summed E-state index contributed by atoms with van der Waals surface area (Å²) in [5, 5.41) is 1.38. The number of fused-ring (bicyclic) bond motifs is 7. The van der Waals surface area contributed by atoms with Gasteiger partial charge in [-0.3, -0.25) is 0 Å². The Morgan fingerprint density at radius 3 is 2.54 bits per heavy atom. The normalized spacial score (nSPS) is 23.9. The topological polar surface area (TPSA) is 34.2 Å². The number of aromatic nitrogens is 1. The highest BCUT2D eigenvalue weighted by Crippen LogP contribution is 2.47. The van der Waals surface area contributed by atoms with Gasteiger partial charge in [0.25, 0.3) is 0 Å². The first kappa shape index (κ1) is 15.8. The van der Waals surface area contributed by atoms with Gasteiger partial charge >= 0.3 is 0 Å². The third-order valence-electron chi connectivity index (χ3n) is 6.45. The fraction of sp³-hybridized carbons (Fsp3) is 0.364. The van der Waals surface area contributed by atoms with E-state index in [1.807, 2.05) is 0 Å². The fourth-order valence-electron chi connectivity index (χ4n) is 5.05. The van der Waals surface area contributed by atoms with E-state index in [9.17, 15) is 0 Å². The smallest absolute Gasteiger partial charge is 0.161 e. The second-order valence-corrected chi connectivity index (χ2v) is 7.80. The molecule has 0 spiro atoms. The third kappa shape index (κ3) is 2.05. The molecule has 2 atom stereocenters. The molecule has 0 fully saturated rings. The first-order chi connectivity index (χ1) is 12.6. The fourth-order valence-corrected chi connectivity index (χ4v) is 5.05. The Morgan fingerprint density at radius 1 is 1.00 bits per heavy atom. The van der Waals surface area contributed by atoms with Crippen LogP contribution < -0.4 is 9.47 Å². The van der Waals surface area contributed by atoms with Crippen LogP contribution in [-0.4, -0.2) is 43.8 Å². The van der Waals surface area contributed by atoms with Crippen LogP contribution >= 0.6 is 0 Å². The molecule has 2 aromatic carbocycles. The van der Waals surface area contributed by atoms with Crippen molar-refractivity contribution in [1.82, 2.24) is 4.98 Å². The van der Waals surface area contributed by atoms with Crippen LogP contribution in [0.25, 0.3) is 10.9 Å². The maximum absolute atomic E-state index is 5.62. The minimum Gasteiger partial charge on any atom is -0.493 e. The van der Waals surface area contributed by atoms with E-state index >= 15 is 0 Å². The summed E-state index contributed by atoms with van der Waals surface area (Å²) in [4.78, 5) is 3.76. The van der Waals surface area contributed by atoms with Crippen LogP contribution in [0.3, 0.4) is 0 Å². The minimum absolute atomic E-state index is 0.328. The molecular weight excluding hydrogens is 324 g/mol. The SMILES string of the molecule is COc1cc2c(cc1OC)C1c3[nH]c4ccccc4c3CC[N+]1(C)CC2. The maximum Gasteiger partial charge on any atom is 0.161 e. The van der Waals surface area contributed by atoms with Crippen LogP contribution in [-0.2, 0) is 12.8 Å². The molecule has 1 N–H and O–H groups in total. The summed E-state index contributed by atoms with van der Waals surface area (Å²) in [6, 6.07) is 13.4. The van der Waals surface area contributed by atoms with Crippen molar-refractivity contribution < 1.29 is 14.0 Å². The second-order valence-electron chi connectivity index (χ2n) is 7.80. The van der Waals surface area contributed by atoms with Gasteiger partial charge in [-0.05, 0) is 29.3 Å². The van der Waals surface area contributed by atoms with Gasteiger partial charge < -0.3 is 18.9 Å². The zero-order chi connectivity index (χ0) is 17.9. The zero-order valence-electron chi connectivity index (χ0n) is 15.6. The van der Waals surface area contributed by atoms with Gasteiger partial charge in [-0.25, -0.2) is 0 Å². The summed E-state index contributed by atoms with van der Waals surface area (Å²) < 4.78 is 12.2. The van der Waals surface area contributed by atoms with Crippen molar-refractivity contribution in [1.29, 1.82) is 0 Å². The number of nitrogens with zero attached hydrogens (tertiary/aromatic N) is 1. The van der Waals surface area contributed by atoms with Crippen LogP contribution in [0.5, 0.6) is 11.5 Å². The highest BCUT2D eigenvalue weighted by atomic mass is 16.5. The number of hydrogen-bond donors (Lipinski definition) is 1. The van der Waals surface area contributed by atoms with E-state index in [4.69, 9.17) is 9.47 Å². The number of para-hydroxylation sites is 1. The molecule has 1 aromatic heterocycles. The summed E-state index contributed by atoms with van der Waals surface area (Å²) in [7, 11) is 5.83. The molecule has 0 radical (unpaired) electrons. The number of H-pyrrole nitrogens is 1. The molecular formula is C22H25N2O2+. The lowest BCUT2D eigenvalue weighted by atomic mass is 9.83.